The Morgan fingerprint density at radius 2 is 2.29 bits per heavy atom. The molecule has 0 aliphatic heterocycles. The van der Waals surface area contributed by atoms with Crippen LogP contribution in [0.5, 0.6) is 0 Å². The van der Waals surface area contributed by atoms with E-state index in [0.29, 0.717) is 17.6 Å². The Hall–Kier alpha value is -1.75. The molecule has 0 bridgehead atoms. The van der Waals surface area contributed by atoms with E-state index in [1.165, 1.54) is 12.8 Å². The van der Waals surface area contributed by atoms with Crippen molar-refractivity contribution in [3.05, 3.63) is 29.9 Å². The second-order valence-corrected chi connectivity index (χ2v) is 4.49. The van der Waals surface area contributed by atoms with Crippen molar-refractivity contribution in [2.24, 2.45) is 5.73 Å². The molecule has 2 aromatic heterocycles. The molecule has 2 heterocycles. The summed E-state index contributed by atoms with van der Waals surface area (Å²) < 4.78 is 5.09. The summed E-state index contributed by atoms with van der Waals surface area (Å²) in [5.74, 6) is 1.67. The predicted octanol–water partition coefficient (Wildman–Crippen LogP) is 2.03. The Balaban J connectivity index is 1.93. The van der Waals surface area contributed by atoms with E-state index in [9.17, 15) is 0 Å². The number of nitrogens with two attached hydrogens (primary N) is 1. The van der Waals surface area contributed by atoms with Gasteiger partial charge < -0.3 is 10.3 Å². The van der Waals surface area contributed by atoms with Crippen molar-refractivity contribution in [3.8, 4) is 11.4 Å². The van der Waals surface area contributed by atoms with E-state index < -0.39 is 0 Å². The van der Waals surface area contributed by atoms with Gasteiger partial charge >= 0.3 is 0 Å². The van der Waals surface area contributed by atoms with Crippen LogP contribution in [0.2, 0.25) is 0 Å². The molecule has 2 N–H and O–H groups in total. The number of aromatic nitrogens is 3. The van der Waals surface area contributed by atoms with Crippen molar-refractivity contribution in [2.45, 2.75) is 31.7 Å². The molecule has 0 saturated heterocycles. The molecule has 0 aromatic carbocycles. The normalized spacial score (nSPS) is 17.1. The predicted molar refractivity (Wildman–Crippen MR) is 62.1 cm³/mol. The van der Waals surface area contributed by atoms with Gasteiger partial charge in [0.2, 0.25) is 11.7 Å². The Morgan fingerprint density at radius 3 is 2.94 bits per heavy atom. The van der Waals surface area contributed by atoms with E-state index in [2.05, 4.69) is 15.1 Å². The zero-order chi connectivity index (χ0) is 11.8. The zero-order valence-corrected chi connectivity index (χ0v) is 9.63. The maximum atomic E-state index is 5.68. The van der Waals surface area contributed by atoms with E-state index >= 15 is 0 Å². The minimum atomic E-state index is -0.235. The van der Waals surface area contributed by atoms with Crippen LogP contribution in [0.4, 0.5) is 0 Å². The van der Waals surface area contributed by atoms with Gasteiger partial charge in [0.15, 0.2) is 0 Å². The van der Waals surface area contributed by atoms with Gasteiger partial charge in [-0.25, -0.2) is 0 Å². The molecular weight excluding hydrogens is 216 g/mol. The lowest BCUT2D eigenvalue weighted by Gasteiger charge is -1.98. The van der Waals surface area contributed by atoms with Gasteiger partial charge in [-0.05, 0) is 31.9 Å². The highest BCUT2D eigenvalue weighted by Gasteiger charge is 2.25. The minimum Gasteiger partial charge on any atom is -0.337 e. The molecule has 0 radical (unpaired) electrons. The number of nitrogens with zero attached hydrogens (tertiary/aromatic N) is 3. The van der Waals surface area contributed by atoms with Crippen molar-refractivity contribution >= 4 is 0 Å². The molecule has 1 fully saturated rings. The van der Waals surface area contributed by atoms with E-state index in [1.54, 1.807) is 6.20 Å². The third-order valence-corrected chi connectivity index (χ3v) is 2.87. The number of hydrogen-bond acceptors (Lipinski definition) is 5. The number of rotatable bonds is 3. The maximum Gasteiger partial charge on any atom is 0.243 e. The second-order valence-electron chi connectivity index (χ2n) is 4.49. The maximum absolute atomic E-state index is 5.68. The summed E-state index contributed by atoms with van der Waals surface area (Å²) in [5.41, 5.74) is 7.75. The molecule has 1 atom stereocenters. The van der Waals surface area contributed by atoms with Crippen LogP contribution in [-0.4, -0.2) is 15.1 Å². The molecule has 5 heteroatoms. The molecule has 1 aliphatic rings. The fraction of sp³-hybridized carbons (Fsp3) is 0.417. The van der Waals surface area contributed by atoms with E-state index in [1.807, 2.05) is 19.1 Å². The van der Waals surface area contributed by atoms with Crippen LogP contribution in [0, 0.1) is 0 Å². The minimum absolute atomic E-state index is 0.235. The third-order valence-electron chi connectivity index (χ3n) is 2.87. The fourth-order valence-corrected chi connectivity index (χ4v) is 1.73. The lowest BCUT2D eigenvalue weighted by molar-refractivity contribution is 0.362. The summed E-state index contributed by atoms with van der Waals surface area (Å²) in [6.45, 7) is 1.82. The molecule has 3 rings (SSSR count). The Labute approximate surface area is 99.1 Å². The van der Waals surface area contributed by atoms with Gasteiger partial charge in [-0.3, -0.25) is 4.98 Å². The highest BCUT2D eigenvalue weighted by Crippen LogP contribution is 2.39. The van der Waals surface area contributed by atoms with Gasteiger partial charge in [-0.2, -0.15) is 4.98 Å². The highest BCUT2D eigenvalue weighted by molar-refractivity contribution is 5.54. The first-order chi connectivity index (χ1) is 8.24. The lowest BCUT2D eigenvalue weighted by Crippen LogP contribution is -2.04. The zero-order valence-electron chi connectivity index (χ0n) is 9.63. The van der Waals surface area contributed by atoms with Crippen LogP contribution < -0.4 is 5.73 Å². The molecule has 0 spiro atoms. The fourth-order valence-electron chi connectivity index (χ4n) is 1.73. The summed E-state index contributed by atoms with van der Waals surface area (Å²) in [6.07, 6.45) is 4.26. The molecule has 1 saturated carbocycles. The van der Waals surface area contributed by atoms with Crippen LogP contribution in [0.3, 0.4) is 0 Å². The largest absolute Gasteiger partial charge is 0.337 e. The molecule has 17 heavy (non-hydrogen) atoms. The molecule has 88 valence electrons. The van der Waals surface area contributed by atoms with E-state index in [4.69, 9.17) is 10.3 Å². The van der Waals surface area contributed by atoms with Crippen molar-refractivity contribution in [1.29, 1.82) is 0 Å². The SMILES string of the molecule is CC(N)c1nc(-c2ccnc(C3CC3)c2)no1. The standard InChI is InChI=1S/C12H14N4O/c1-7(13)12-15-11(16-17-12)9-4-5-14-10(6-9)8-2-3-8/h4-8H,2-3,13H2,1H3. The number of pyridine rings is 1. The second kappa shape index (κ2) is 3.92. The third kappa shape index (κ3) is 2.06. The molecule has 1 aliphatic carbocycles. The first-order valence-corrected chi connectivity index (χ1v) is 5.79. The monoisotopic (exact) mass is 230 g/mol. The Kier molecular flexibility index (Phi) is 2.40. The molecule has 5 nitrogen and oxygen atoms in total. The lowest BCUT2D eigenvalue weighted by atomic mass is 10.2. The molecule has 1 unspecified atom stereocenters. The van der Waals surface area contributed by atoms with Crippen molar-refractivity contribution < 1.29 is 4.52 Å². The molecule has 0 amide bonds. The van der Waals surface area contributed by atoms with E-state index in [-0.39, 0.29) is 6.04 Å². The Bertz CT molecular complexity index is 531. The van der Waals surface area contributed by atoms with Crippen molar-refractivity contribution in [2.75, 3.05) is 0 Å². The van der Waals surface area contributed by atoms with Gasteiger partial charge in [0.25, 0.3) is 0 Å². The van der Waals surface area contributed by atoms with Crippen LogP contribution in [0.1, 0.15) is 43.3 Å². The van der Waals surface area contributed by atoms with Gasteiger partial charge in [0, 0.05) is 23.4 Å². The number of hydrogen-bond donors (Lipinski definition) is 1. The van der Waals surface area contributed by atoms with Crippen molar-refractivity contribution in [1.82, 2.24) is 15.1 Å². The smallest absolute Gasteiger partial charge is 0.243 e. The average Bonchev–Trinajstić information content (AvgIpc) is 3.06. The molecule has 2 aromatic rings. The summed E-state index contributed by atoms with van der Waals surface area (Å²) in [5, 5.41) is 3.93. The first kappa shape index (κ1) is 10.4. The van der Waals surface area contributed by atoms with E-state index in [0.717, 1.165) is 11.3 Å². The first-order valence-electron chi connectivity index (χ1n) is 5.79. The van der Waals surface area contributed by atoms with Crippen molar-refractivity contribution in [3.63, 3.8) is 0 Å². The van der Waals surface area contributed by atoms with Gasteiger partial charge in [-0.1, -0.05) is 5.16 Å². The highest BCUT2D eigenvalue weighted by atomic mass is 16.5. The Morgan fingerprint density at radius 1 is 1.47 bits per heavy atom. The van der Waals surface area contributed by atoms with Gasteiger partial charge in [0.05, 0.1) is 6.04 Å². The van der Waals surface area contributed by atoms with Gasteiger partial charge in [0.1, 0.15) is 0 Å². The van der Waals surface area contributed by atoms with Crippen LogP contribution in [0.15, 0.2) is 22.9 Å². The average molecular weight is 230 g/mol. The topological polar surface area (TPSA) is 77.8 Å². The van der Waals surface area contributed by atoms with Crippen LogP contribution in [0.25, 0.3) is 11.4 Å². The molecular formula is C12H14N4O. The van der Waals surface area contributed by atoms with Crippen LogP contribution in [-0.2, 0) is 0 Å². The van der Waals surface area contributed by atoms with Gasteiger partial charge in [-0.15, -0.1) is 0 Å². The van der Waals surface area contributed by atoms with Crippen LogP contribution >= 0.6 is 0 Å². The summed E-state index contributed by atoms with van der Waals surface area (Å²) in [6, 6.07) is 3.69. The summed E-state index contributed by atoms with van der Waals surface area (Å²) >= 11 is 0. The summed E-state index contributed by atoms with van der Waals surface area (Å²) in [4.78, 5) is 8.63. The summed E-state index contributed by atoms with van der Waals surface area (Å²) in [7, 11) is 0. The quantitative estimate of drug-likeness (QED) is 0.872.